The van der Waals surface area contributed by atoms with Crippen LogP contribution < -0.4 is 5.32 Å². The van der Waals surface area contributed by atoms with E-state index >= 15 is 0 Å². The van der Waals surface area contributed by atoms with Gasteiger partial charge in [0.2, 0.25) is 0 Å². The third kappa shape index (κ3) is 4.88. The molecule has 0 saturated carbocycles. The Morgan fingerprint density at radius 1 is 1.43 bits per heavy atom. The summed E-state index contributed by atoms with van der Waals surface area (Å²) in [6, 6.07) is 0. The second kappa shape index (κ2) is 7.81. The molecule has 0 bridgehead atoms. The van der Waals surface area contributed by atoms with Crippen molar-refractivity contribution in [1.82, 2.24) is 15.1 Å². The van der Waals surface area contributed by atoms with E-state index in [0.717, 1.165) is 18.7 Å². The third-order valence-electron chi connectivity index (χ3n) is 3.38. The number of hydrogen-bond donors (Lipinski definition) is 2. The second-order valence-electron chi connectivity index (χ2n) is 5.75. The molecule has 118 valence electrons. The smallest absolute Gasteiger partial charge is 0.308 e. The molecule has 0 aromatic carbocycles. The van der Waals surface area contributed by atoms with Crippen molar-refractivity contribution in [1.29, 1.82) is 0 Å². The first-order chi connectivity index (χ1) is 9.86. The fraction of sp³-hybridized carbons (Fsp3) is 0.667. The van der Waals surface area contributed by atoms with Crippen molar-refractivity contribution in [3.05, 3.63) is 17.5 Å². The van der Waals surface area contributed by atoms with E-state index in [1.165, 1.54) is 0 Å². The zero-order chi connectivity index (χ0) is 16.0. The number of carboxylic acid groups (broad SMARTS) is 1. The zero-order valence-corrected chi connectivity index (χ0v) is 13.2. The molecule has 1 atom stereocenters. The Bertz CT molecular complexity index is 494. The van der Waals surface area contributed by atoms with Gasteiger partial charge in [-0.3, -0.25) is 14.3 Å². The molecule has 0 saturated heterocycles. The maximum Gasteiger partial charge on any atom is 0.308 e. The van der Waals surface area contributed by atoms with Crippen molar-refractivity contribution in [3.63, 3.8) is 0 Å². The topological polar surface area (TPSA) is 84.2 Å². The lowest BCUT2D eigenvalue weighted by Gasteiger charge is -2.12. The number of aliphatic carboxylic acids is 1. The molecule has 2 N–H and O–H groups in total. The number of carbonyl (C=O) groups excluding carboxylic acids is 1. The molecule has 1 aromatic rings. The average Bonchev–Trinajstić information content (AvgIpc) is 2.75. The highest BCUT2D eigenvalue weighted by atomic mass is 16.4. The lowest BCUT2D eigenvalue weighted by Crippen LogP contribution is -2.33. The average molecular weight is 295 g/mol. The van der Waals surface area contributed by atoms with E-state index < -0.39 is 11.9 Å². The number of carbonyl (C=O) groups is 2. The first-order valence-electron chi connectivity index (χ1n) is 7.40. The fourth-order valence-corrected chi connectivity index (χ4v) is 2.17. The van der Waals surface area contributed by atoms with Crippen LogP contribution in [-0.4, -0.2) is 33.3 Å². The minimum atomic E-state index is -0.871. The predicted octanol–water partition coefficient (Wildman–Crippen LogP) is 2.08. The Morgan fingerprint density at radius 3 is 2.62 bits per heavy atom. The van der Waals surface area contributed by atoms with Gasteiger partial charge in [-0.2, -0.15) is 5.10 Å². The molecule has 1 aromatic heterocycles. The van der Waals surface area contributed by atoms with E-state index in [2.05, 4.69) is 24.3 Å². The molecule has 1 amide bonds. The number of nitrogens with one attached hydrogen (secondary N) is 1. The van der Waals surface area contributed by atoms with Crippen LogP contribution in [0.4, 0.5) is 0 Å². The first-order valence-corrected chi connectivity index (χ1v) is 7.40. The summed E-state index contributed by atoms with van der Waals surface area (Å²) in [4.78, 5) is 23.2. The van der Waals surface area contributed by atoms with Gasteiger partial charge in [-0.1, -0.05) is 27.2 Å². The summed E-state index contributed by atoms with van der Waals surface area (Å²) < 4.78 is 1.81. The molecule has 0 fully saturated rings. The molecule has 0 aliphatic heterocycles. The Hall–Kier alpha value is -1.85. The number of aromatic nitrogens is 2. The summed E-state index contributed by atoms with van der Waals surface area (Å²) in [6.07, 6.45) is 2.88. The van der Waals surface area contributed by atoms with Gasteiger partial charge in [0.15, 0.2) is 0 Å². The van der Waals surface area contributed by atoms with E-state index in [9.17, 15) is 9.59 Å². The van der Waals surface area contributed by atoms with Crippen LogP contribution in [0.1, 0.15) is 49.7 Å². The highest BCUT2D eigenvalue weighted by Crippen LogP contribution is 2.11. The van der Waals surface area contributed by atoms with Gasteiger partial charge in [0.1, 0.15) is 0 Å². The molecule has 0 aliphatic carbocycles. The monoisotopic (exact) mass is 295 g/mol. The predicted molar refractivity (Wildman–Crippen MR) is 80.2 cm³/mol. The van der Waals surface area contributed by atoms with Gasteiger partial charge < -0.3 is 10.4 Å². The molecular formula is C15H25N3O3. The van der Waals surface area contributed by atoms with Crippen LogP contribution in [0.2, 0.25) is 0 Å². The highest BCUT2D eigenvalue weighted by molar-refractivity contribution is 5.95. The Kier molecular flexibility index (Phi) is 6.39. The largest absolute Gasteiger partial charge is 0.481 e. The molecule has 1 unspecified atom stereocenters. The van der Waals surface area contributed by atoms with Crippen molar-refractivity contribution < 1.29 is 14.7 Å². The van der Waals surface area contributed by atoms with Crippen LogP contribution in [0.3, 0.4) is 0 Å². The lowest BCUT2D eigenvalue weighted by atomic mass is 10.0. The molecule has 6 heteroatoms. The molecule has 21 heavy (non-hydrogen) atoms. The number of rotatable bonds is 8. The van der Waals surface area contributed by atoms with Gasteiger partial charge in [-0.25, -0.2) is 0 Å². The summed E-state index contributed by atoms with van der Waals surface area (Å²) in [5.74, 6) is -1.22. The number of amides is 1. The Balaban J connectivity index is 2.67. The molecule has 0 aliphatic rings. The van der Waals surface area contributed by atoms with Crippen LogP contribution in [-0.2, 0) is 11.3 Å². The second-order valence-corrected chi connectivity index (χ2v) is 5.75. The van der Waals surface area contributed by atoms with Gasteiger partial charge in [0.05, 0.1) is 17.7 Å². The van der Waals surface area contributed by atoms with Gasteiger partial charge in [0, 0.05) is 18.8 Å². The molecule has 1 rings (SSSR count). The van der Waals surface area contributed by atoms with Gasteiger partial charge in [-0.15, -0.1) is 0 Å². The first kappa shape index (κ1) is 17.2. The van der Waals surface area contributed by atoms with Crippen molar-refractivity contribution in [2.45, 2.75) is 47.1 Å². The summed E-state index contributed by atoms with van der Waals surface area (Å²) in [5, 5.41) is 16.0. The number of nitrogens with zero attached hydrogens (tertiary/aromatic N) is 2. The van der Waals surface area contributed by atoms with Gasteiger partial charge >= 0.3 is 5.97 Å². The van der Waals surface area contributed by atoms with Crippen molar-refractivity contribution in [2.24, 2.45) is 11.8 Å². The summed E-state index contributed by atoms with van der Waals surface area (Å²) in [6.45, 7) is 8.86. The van der Waals surface area contributed by atoms with E-state index in [1.54, 1.807) is 10.9 Å². The highest BCUT2D eigenvalue weighted by Gasteiger charge is 2.19. The zero-order valence-electron chi connectivity index (χ0n) is 13.2. The number of hydrogen-bond acceptors (Lipinski definition) is 3. The lowest BCUT2D eigenvalue weighted by molar-refractivity contribution is -0.141. The molecule has 0 spiro atoms. The normalized spacial score (nSPS) is 12.4. The molecule has 6 nitrogen and oxygen atoms in total. The van der Waals surface area contributed by atoms with Crippen LogP contribution in [0.5, 0.6) is 0 Å². The third-order valence-corrected chi connectivity index (χ3v) is 3.38. The summed E-state index contributed by atoms with van der Waals surface area (Å²) in [5.41, 5.74) is 1.32. The van der Waals surface area contributed by atoms with Crippen LogP contribution in [0.15, 0.2) is 6.20 Å². The van der Waals surface area contributed by atoms with Crippen molar-refractivity contribution in [3.8, 4) is 0 Å². The van der Waals surface area contributed by atoms with Crippen LogP contribution >= 0.6 is 0 Å². The standard InChI is InChI=1S/C15H25N3O3/c1-5-6-12(15(20)21)7-16-14(19)13-8-17-18(11(13)4)9-10(2)3/h8,10,12H,5-7,9H2,1-4H3,(H,16,19)(H,20,21). The van der Waals surface area contributed by atoms with E-state index in [-0.39, 0.29) is 12.5 Å². The van der Waals surface area contributed by atoms with Crippen LogP contribution in [0, 0.1) is 18.8 Å². The fourth-order valence-electron chi connectivity index (χ4n) is 2.17. The summed E-state index contributed by atoms with van der Waals surface area (Å²) in [7, 11) is 0. The SMILES string of the molecule is CCCC(CNC(=O)c1cnn(CC(C)C)c1C)C(=O)O. The summed E-state index contributed by atoms with van der Waals surface area (Å²) >= 11 is 0. The van der Waals surface area contributed by atoms with E-state index in [4.69, 9.17) is 5.11 Å². The maximum absolute atomic E-state index is 12.1. The van der Waals surface area contributed by atoms with Crippen molar-refractivity contribution >= 4 is 11.9 Å². The Labute approximate surface area is 125 Å². The molecule has 1 heterocycles. The minimum Gasteiger partial charge on any atom is -0.481 e. The molecular weight excluding hydrogens is 270 g/mol. The van der Waals surface area contributed by atoms with E-state index in [0.29, 0.717) is 17.9 Å². The van der Waals surface area contributed by atoms with E-state index in [1.807, 2.05) is 13.8 Å². The quantitative estimate of drug-likeness (QED) is 0.769. The maximum atomic E-state index is 12.1. The molecule has 0 radical (unpaired) electrons. The van der Waals surface area contributed by atoms with Crippen molar-refractivity contribution in [2.75, 3.05) is 6.54 Å². The Morgan fingerprint density at radius 2 is 2.10 bits per heavy atom. The van der Waals surface area contributed by atoms with Crippen LogP contribution in [0.25, 0.3) is 0 Å². The number of carboxylic acids is 1. The van der Waals surface area contributed by atoms with Gasteiger partial charge in [-0.05, 0) is 19.3 Å². The minimum absolute atomic E-state index is 0.150. The van der Waals surface area contributed by atoms with Gasteiger partial charge in [0.25, 0.3) is 5.91 Å².